The van der Waals surface area contributed by atoms with Gasteiger partial charge in [0.15, 0.2) is 5.17 Å². The first kappa shape index (κ1) is 32.4. The highest BCUT2D eigenvalue weighted by Crippen LogP contribution is 2.42. The van der Waals surface area contributed by atoms with Crippen LogP contribution in [-0.2, 0) is 25.7 Å². The number of likely N-dealkylation sites (tertiary alicyclic amines) is 1. The van der Waals surface area contributed by atoms with E-state index in [-0.39, 0.29) is 18.4 Å². The van der Waals surface area contributed by atoms with Crippen LogP contribution in [0.3, 0.4) is 0 Å². The number of aliphatic imine (C=N–C) groups is 1. The number of nitrogens with one attached hydrogen (secondary N) is 1. The minimum absolute atomic E-state index is 0.148. The summed E-state index contributed by atoms with van der Waals surface area (Å²) in [5, 5.41) is 2.92. The third kappa shape index (κ3) is 7.45. The number of carbonyl (C=O) groups excluding carboxylic acids is 3. The van der Waals surface area contributed by atoms with Gasteiger partial charge in [0, 0.05) is 37.2 Å². The zero-order chi connectivity index (χ0) is 33.6. The smallest absolute Gasteiger partial charge is 0.410 e. The standard InChI is InChI=1S/C37H36N6O5S/c44-34(31-9-6-20-42(31)37(46)48-25-26-7-2-1-3-8-26)39-28-13-11-27(12-14-28)33-35(45)43(32-10-4-5-19-38-32)36(49-33)40-29-15-17-30(18-16-29)41-21-23-47-24-22-41/h1-5,7-8,10-19,31,33H,6,9,20-25H2,(H,39,44)/t31-,33?/m0/s1. The van der Waals surface area contributed by atoms with Gasteiger partial charge < -0.3 is 19.7 Å². The van der Waals surface area contributed by atoms with E-state index in [0.29, 0.717) is 49.3 Å². The molecule has 0 bridgehead atoms. The van der Waals surface area contributed by atoms with Crippen molar-refractivity contribution in [2.45, 2.75) is 30.7 Å². The zero-order valence-corrected chi connectivity index (χ0v) is 27.6. The SMILES string of the molecule is O=C(Nc1ccc(C2SC(=Nc3ccc(N4CCOCC4)cc3)N(c3ccccn3)C2=O)cc1)[C@@H]1CCCN1C(=O)OCc1ccccc1. The number of anilines is 3. The van der Waals surface area contributed by atoms with Crippen molar-refractivity contribution in [3.05, 3.63) is 114 Å². The molecule has 3 saturated heterocycles. The fourth-order valence-corrected chi connectivity index (χ4v) is 7.26. The van der Waals surface area contributed by atoms with Crippen molar-refractivity contribution in [1.82, 2.24) is 9.88 Å². The first-order chi connectivity index (χ1) is 24.0. The number of amides is 3. The van der Waals surface area contributed by atoms with Crippen LogP contribution in [0.2, 0.25) is 0 Å². The number of hydrogen-bond donors (Lipinski definition) is 1. The second-order valence-electron chi connectivity index (χ2n) is 11.9. The third-order valence-corrected chi connectivity index (χ3v) is 9.86. The van der Waals surface area contributed by atoms with E-state index in [1.165, 1.54) is 16.7 Å². The summed E-state index contributed by atoms with van der Waals surface area (Å²) in [6.07, 6.45) is 2.42. The molecule has 1 N–H and O–H groups in total. The Morgan fingerprint density at radius 2 is 1.67 bits per heavy atom. The number of morpholine rings is 1. The summed E-state index contributed by atoms with van der Waals surface area (Å²) in [6.45, 7) is 3.72. The highest BCUT2D eigenvalue weighted by atomic mass is 32.2. The second kappa shape index (κ2) is 14.9. The van der Waals surface area contributed by atoms with Crippen molar-refractivity contribution in [1.29, 1.82) is 0 Å². The molecule has 7 rings (SSSR count). The molecule has 3 fully saturated rings. The average Bonchev–Trinajstić information content (AvgIpc) is 3.77. The van der Waals surface area contributed by atoms with E-state index in [4.69, 9.17) is 14.5 Å². The zero-order valence-electron chi connectivity index (χ0n) is 26.8. The maximum atomic E-state index is 13.9. The summed E-state index contributed by atoms with van der Waals surface area (Å²) < 4.78 is 11.0. The van der Waals surface area contributed by atoms with Crippen LogP contribution in [-0.4, -0.2) is 71.8 Å². The van der Waals surface area contributed by atoms with Crippen molar-refractivity contribution >= 4 is 57.7 Å². The Labute approximate surface area is 288 Å². The van der Waals surface area contributed by atoms with Gasteiger partial charge in [0.1, 0.15) is 23.7 Å². The first-order valence-electron chi connectivity index (χ1n) is 16.3. The van der Waals surface area contributed by atoms with Gasteiger partial charge in [-0.05, 0) is 72.5 Å². The van der Waals surface area contributed by atoms with Gasteiger partial charge in [-0.1, -0.05) is 60.3 Å². The minimum atomic E-state index is -0.622. The molecule has 11 nitrogen and oxygen atoms in total. The predicted octanol–water partition coefficient (Wildman–Crippen LogP) is 6.17. The molecular formula is C37H36N6O5S. The molecule has 12 heteroatoms. The summed E-state index contributed by atoms with van der Waals surface area (Å²) in [4.78, 5) is 54.6. The lowest BCUT2D eigenvalue weighted by molar-refractivity contribution is -0.120. The van der Waals surface area contributed by atoms with Gasteiger partial charge >= 0.3 is 6.09 Å². The molecule has 0 radical (unpaired) electrons. The van der Waals surface area contributed by atoms with Gasteiger partial charge in [0.25, 0.3) is 5.91 Å². The van der Waals surface area contributed by atoms with Gasteiger partial charge in [-0.3, -0.25) is 14.5 Å². The number of aromatic nitrogens is 1. The number of rotatable bonds is 8. The lowest BCUT2D eigenvalue weighted by atomic mass is 10.1. The maximum absolute atomic E-state index is 13.9. The van der Waals surface area contributed by atoms with E-state index in [1.807, 2.05) is 72.8 Å². The molecule has 4 heterocycles. The van der Waals surface area contributed by atoms with Crippen molar-refractivity contribution in [3.8, 4) is 0 Å². The van der Waals surface area contributed by atoms with Crippen LogP contribution >= 0.6 is 11.8 Å². The molecule has 3 amide bonds. The fraction of sp³-hybridized carbons (Fsp3) is 0.270. The van der Waals surface area contributed by atoms with E-state index in [2.05, 4.69) is 15.2 Å². The number of thioether (sulfide) groups is 1. The molecule has 4 aromatic rings. The number of nitrogens with zero attached hydrogens (tertiary/aromatic N) is 5. The monoisotopic (exact) mass is 676 g/mol. The predicted molar refractivity (Wildman–Crippen MR) is 190 cm³/mol. The summed E-state index contributed by atoms with van der Waals surface area (Å²) in [6, 6.07) is 29.5. The number of amidine groups is 1. The summed E-state index contributed by atoms with van der Waals surface area (Å²) in [5.41, 5.74) is 4.07. The number of carbonyl (C=O) groups is 3. The van der Waals surface area contributed by atoms with Crippen LogP contribution in [0.1, 0.15) is 29.2 Å². The van der Waals surface area contributed by atoms with Crippen molar-refractivity contribution in [2.75, 3.05) is 48.0 Å². The number of hydrogen-bond acceptors (Lipinski definition) is 9. The Hall–Kier alpha value is -5.20. The first-order valence-corrected chi connectivity index (χ1v) is 17.2. The Morgan fingerprint density at radius 1 is 0.918 bits per heavy atom. The van der Waals surface area contributed by atoms with Crippen LogP contribution in [0.5, 0.6) is 0 Å². The van der Waals surface area contributed by atoms with E-state index >= 15 is 0 Å². The minimum Gasteiger partial charge on any atom is -0.445 e. The van der Waals surface area contributed by atoms with E-state index in [9.17, 15) is 14.4 Å². The Kier molecular flexibility index (Phi) is 9.85. The third-order valence-electron chi connectivity index (χ3n) is 8.66. The topological polar surface area (TPSA) is 117 Å². The highest BCUT2D eigenvalue weighted by molar-refractivity contribution is 8.15. The Morgan fingerprint density at radius 3 is 2.41 bits per heavy atom. The van der Waals surface area contributed by atoms with Crippen LogP contribution in [0.4, 0.5) is 27.7 Å². The second-order valence-corrected chi connectivity index (χ2v) is 12.9. The molecule has 0 saturated carbocycles. The normalized spacial score (nSPS) is 20.1. The molecule has 2 atom stereocenters. The molecule has 3 aliphatic rings. The quantitative estimate of drug-likeness (QED) is 0.236. The van der Waals surface area contributed by atoms with E-state index < -0.39 is 17.4 Å². The summed E-state index contributed by atoms with van der Waals surface area (Å²) >= 11 is 1.36. The van der Waals surface area contributed by atoms with Gasteiger partial charge in [0.05, 0.1) is 18.9 Å². The lowest BCUT2D eigenvalue weighted by Gasteiger charge is -2.28. The van der Waals surface area contributed by atoms with Crippen LogP contribution in [0.15, 0.2) is 108 Å². The molecule has 1 unspecified atom stereocenters. The highest BCUT2D eigenvalue weighted by Gasteiger charge is 2.41. The fourth-order valence-electron chi connectivity index (χ4n) is 6.10. The number of pyridine rings is 1. The molecule has 0 aliphatic carbocycles. The van der Waals surface area contributed by atoms with Crippen LogP contribution < -0.4 is 15.1 Å². The van der Waals surface area contributed by atoms with Crippen molar-refractivity contribution < 1.29 is 23.9 Å². The molecule has 0 spiro atoms. The Balaban J connectivity index is 1.03. The molecule has 3 aromatic carbocycles. The van der Waals surface area contributed by atoms with Crippen LogP contribution in [0.25, 0.3) is 0 Å². The van der Waals surface area contributed by atoms with E-state index in [1.54, 1.807) is 35.4 Å². The van der Waals surface area contributed by atoms with Crippen molar-refractivity contribution in [3.63, 3.8) is 0 Å². The van der Waals surface area contributed by atoms with Crippen LogP contribution in [0, 0.1) is 0 Å². The van der Waals surface area contributed by atoms with Gasteiger partial charge in [-0.2, -0.15) is 0 Å². The van der Waals surface area contributed by atoms with Crippen molar-refractivity contribution in [2.24, 2.45) is 4.99 Å². The maximum Gasteiger partial charge on any atom is 0.410 e. The molecule has 1 aromatic heterocycles. The Bertz CT molecular complexity index is 1800. The summed E-state index contributed by atoms with van der Waals surface area (Å²) in [7, 11) is 0. The largest absolute Gasteiger partial charge is 0.445 e. The summed E-state index contributed by atoms with van der Waals surface area (Å²) in [5.74, 6) is 0.0712. The molecular weight excluding hydrogens is 641 g/mol. The number of ether oxygens (including phenoxy) is 2. The van der Waals surface area contributed by atoms with Gasteiger partial charge in [-0.15, -0.1) is 0 Å². The lowest BCUT2D eigenvalue weighted by Crippen LogP contribution is -2.43. The molecule has 3 aliphatic heterocycles. The molecule has 49 heavy (non-hydrogen) atoms. The van der Waals surface area contributed by atoms with Gasteiger partial charge in [0.2, 0.25) is 5.91 Å². The van der Waals surface area contributed by atoms with E-state index in [0.717, 1.165) is 35.6 Å². The van der Waals surface area contributed by atoms with Gasteiger partial charge in [-0.25, -0.2) is 19.7 Å². The molecule has 250 valence electrons. The number of benzene rings is 3. The average molecular weight is 677 g/mol.